The summed E-state index contributed by atoms with van der Waals surface area (Å²) >= 11 is 0. The van der Waals surface area contributed by atoms with Gasteiger partial charge in [0.2, 0.25) is 11.8 Å². The van der Waals surface area contributed by atoms with Crippen LogP contribution in [-0.2, 0) is 19.1 Å². The Morgan fingerprint density at radius 2 is 1.91 bits per heavy atom. The van der Waals surface area contributed by atoms with E-state index in [1.165, 1.54) is 7.11 Å². The number of rotatable bonds is 4. The topological polar surface area (TPSA) is 79.0 Å². The van der Waals surface area contributed by atoms with Crippen LogP contribution in [0, 0.1) is 0 Å². The first-order chi connectivity index (χ1) is 10.9. The Labute approximate surface area is 137 Å². The molecular formula is C16H27N3O4. The lowest BCUT2D eigenvalue weighted by molar-refractivity contribution is -0.148. The van der Waals surface area contributed by atoms with Crippen LogP contribution >= 0.6 is 0 Å². The van der Waals surface area contributed by atoms with Gasteiger partial charge in [-0.05, 0) is 33.1 Å². The third kappa shape index (κ3) is 4.22. The highest BCUT2D eigenvalue weighted by Crippen LogP contribution is 2.23. The molecule has 7 heteroatoms. The van der Waals surface area contributed by atoms with Gasteiger partial charge in [0.15, 0.2) is 0 Å². The van der Waals surface area contributed by atoms with Gasteiger partial charge >= 0.3 is 5.97 Å². The van der Waals surface area contributed by atoms with Crippen LogP contribution in [-0.4, -0.2) is 72.5 Å². The first-order valence-corrected chi connectivity index (χ1v) is 8.33. The van der Waals surface area contributed by atoms with E-state index >= 15 is 0 Å². The Balaban J connectivity index is 2.04. The van der Waals surface area contributed by atoms with E-state index in [9.17, 15) is 14.4 Å². The minimum atomic E-state index is -0.629. The lowest BCUT2D eigenvalue weighted by Gasteiger charge is -2.41. The summed E-state index contributed by atoms with van der Waals surface area (Å²) in [5.74, 6) is -0.618. The van der Waals surface area contributed by atoms with Gasteiger partial charge in [-0.2, -0.15) is 0 Å². The number of hydrogen-bond acceptors (Lipinski definition) is 5. The highest BCUT2D eigenvalue weighted by Gasteiger charge is 2.36. The summed E-state index contributed by atoms with van der Waals surface area (Å²) in [6, 6.07) is -0.177. The molecule has 7 nitrogen and oxygen atoms in total. The van der Waals surface area contributed by atoms with Crippen molar-refractivity contribution >= 4 is 17.8 Å². The second-order valence-corrected chi connectivity index (χ2v) is 6.49. The Morgan fingerprint density at radius 3 is 2.52 bits per heavy atom. The maximum absolute atomic E-state index is 12.7. The molecule has 2 aliphatic heterocycles. The summed E-state index contributed by atoms with van der Waals surface area (Å²) in [7, 11) is 1.30. The van der Waals surface area contributed by atoms with Gasteiger partial charge in [0.25, 0.3) is 0 Å². The molecule has 3 atom stereocenters. The molecule has 2 fully saturated rings. The first kappa shape index (κ1) is 17.7. The maximum atomic E-state index is 12.7. The summed E-state index contributed by atoms with van der Waals surface area (Å²) in [5.41, 5.74) is 0. The summed E-state index contributed by atoms with van der Waals surface area (Å²) in [4.78, 5) is 40.1. The number of piperazine rings is 1. The maximum Gasteiger partial charge on any atom is 0.307 e. The SMILES string of the molecule is COC(=O)C[C@@H]1C(=O)NCCN1CC(=O)N1[C@H](C)CCC[C@H]1C. The molecule has 0 aromatic carbocycles. The number of ether oxygens (including phenoxy) is 1. The van der Waals surface area contributed by atoms with Crippen LogP contribution in [0.5, 0.6) is 0 Å². The zero-order valence-electron chi connectivity index (χ0n) is 14.2. The number of likely N-dealkylation sites (tertiary alicyclic amines) is 1. The zero-order chi connectivity index (χ0) is 17.0. The smallest absolute Gasteiger partial charge is 0.307 e. The lowest BCUT2D eigenvalue weighted by atomic mass is 9.97. The van der Waals surface area contributed by atoms with E-state index in [0.717, 1.165) is 19.3 Å². The van der Waals surface area contributed by atoms with E-state index in [0.29, 0.717) is 13.1 Å². The molecule has 2 aliphatic rings. The molecule has 0 radical (unpaired) electrons. The van der Waals surface area contributed by atoms with Crippen LogP contribution in [0.4, 0.5) is 0 Å². The quantitative estimate of drug-likeness (QED) is 0.744. The van der Waals surface area contributed by atoms with Crippen molar-refractivity contribution < 1.29 is 19.1 Å². The number of nitrogens with one attached hydrogen (secondary N) is 1. The van der Waals surface area contributed by atoms with E-state index in [2.05, 4.69) is 23.9 Å². The average Bonchev–Trinajstić information content (AvgIpc) is 2.50. The number of amides is 2. The molecule has 0 unspecified atom stereocenters. The standard InChI is InChI=1S/C16H27N3O4/c1-11-5-4-6-12(2)19(11)14(20)10-18-8-7-17-16(22)13(18)9-15(21)23-3/h11-13H,4-10H2,1-3H3,(H,17,22)/t11-,12-,13-/m1/s1. The van der Waals surface area contributed by atoms with Crippen molar-refractivity contribution in [3.8, 4) is 0 Å². The van der Waals surface area contributed by atoms with Crippen molar-refractivity contribution in [1.29, 1.82) is 0 Å². The first-order valence-electron chi connectivity index (χ1n) is 8.33. The van der Waals surface area contributed by atoms with Crippen LogP contribution in [0.15, 0.2) is 0 Å². The number of methoxy groups -OCH3 is 1. The lowest BCUT2D eigenvalue weighted by Crippen LogP contribution is -2.59. The predicted molar refractivity (Wildman–Crippen MR) is 84.6 cm³/mol. The number of piperidine rings is 1. The fourth-order valence-electron chi connectivity index (χ4n) is 3.58. The molecule has 0 bridgehead atoms. The molecule has 0 saturated carbocycles. The van der Waals surface area contributed by atoms with Crippen LogP contribution in [0.3, 0.4) is 0 Å². The fraction of sp³-hybridized carbons (Fsp3) is 0.812. The minimum Gasteiger partial charge on any atom is -0.469 e. The molecule has 0 aromatic heterocycles. The third-order valence-corrected chi connectivity index (χ3v) is 4.85. The number of esters is 1. The predicted octanol–water partition coefficient (Wildman–Crippen LogP) is 0.139. The molecule has 2 saturated heterocycles. The molecule has 0 aliphatic carbocycles. The second-order valence-electron chi connectivity index (χ2n) is 6.49. The molecule has 23 heavy (non-hydrogen) atoms. The van der Waals surface area contributed by atoms with Crippen molar-refractivity contribution in [2.45, 2.75) is 57.7 Å². The second kappa shape index (κ2) is 7.77. The summed E-state index contributed by atoms with van der Waals surface area (Å²) < 4.78 is 4.66. The van der Waals surface area contributed by atoms with Gasteiger partial charge in [-0.1, -0.05) is 0 Å². The van der Waals surface area contributed by atoms with Crippen molar-refractivity contribution in [2.24, 2.45) is 0 Å². The van der Waals surface area contributed by atoms with Gasteiger partial charge in [-0.15, -0.1) is 0 Å². The largest absolute Gasteiger partial charge is 0.469 e. The third-order valence-electron chi connectivity index (χ3n) is 4.85. The van der Waals surface area contributed by atoms with E-state index < -0.39 is 12.0 Å². The van der Waals surface area contributed by atoms with E-state index in [-0.39, 0.29) is 36.9 Å². The molecule has 0 aromatic rings. The van der Waals surface area contributed by atoms with Crippen LogP contribution in [0.1, 0.15) is 39.5 Å². The van der Waals surface area contributed by atoms with E-state index in [1.54, 1.807) is 4.90 Å². The van der Waals surface area contributed by atoms with Gasteiger partial charge in [0.05, 0.1) is 20.1 Å². The van der Waals surface area contributed by atoms with Gasteiger partial charge in [-0.25, -0.2) is 0 Å². The molecule has 0 spiro atoms. The molecule has 2 amide bonds. The van der Waals surface area contributed by atoms with Crippen LogP contribution in [0.2, 0.25) is 0 Å². The van der Waals surface area contributed by atoms with Gasteiger partial charge in [-0.3, -0.25) is 19.3 Å². The Morgan fingerprint density at radius 1 is 1.26 bits per heavy atom. The Hall–Kier alpha value is -1.63. The van der Waals surface area contributed by atoms with Gasteiger partial charge in [0.1, 0.15) is 6.04 Å². The summed E-state index contributed by atoms with van der Waals surface area (Å²) in [5, 5.41) is 2.75. The number of carbonyl (C=O) groups excluding carboxylic acids is 3. The fourth-order valence-corrected chi connectivity index (χ4v) is 3.58. The van der Waals surface area contributed by atoms with E-state index in [4.69, 9.17) is 0 Å². The molecule has 2 heterocycles. The molecule has 1 N–H and O–H groups in total. The highest BCUT2D eigenvalue weighted by atomic mass is 16.5. The zero-order valence-corrected chi connectivity index (χ0v) is 14.2. The normalized spacial score (nSPS) is 29.1. The van der Waals surface area contributed by atoms with Crippen LogP contribution < -0.4 is 5.32 Å². The number of hydrogen-bond donors (Lipinski definition) is 1. The van der Waals surface area contributed by atoms with Crippen molar-refractivity contribution in [3.05, 3.63) is 0 Å². The monoisotopic (exact) mass is 325 g/mol. The molecular weight excluding hydrogens is 298 g/mol. The minimum absolute atomic E-state index is 0.0271. The van der Waals surface area contributed by atoms with Crippen LogP contribution in [0.25, 0.3) is 0 Å². The summed E-state index contributed by atoms with van der Waals surface area (Å²) in [6.45, 7) is 5.37. The molecule has 2 rings (SSSR count). The van der Waals surface area contributed by atoms with Crippen molar-refractivity contribution in [3.63, 3.8) is 0 Å². The van der Waals surface area contributed by atoms with E-state index in [1.807, 2.05) is 4.90 Å². The summed E-state index contributed by atoms with van der Waals surface area (Å²) in [6.07, 6.45) is 3.15. The molecule has 130 valence electrons. The Kier molecular flexibility index (Phi) is 5.98. The van der Waals surface area contributed by atoms with Crippen molar-refractivity contribution in [1.82, 2.24) is 15.1 Å². The highest BCUT2D eigenvalue weighted by molar-refractivity contribution is 5.88. The number of nitrogens with zero attached hydrogens (tertiary/aromatic N) is 2. The average molecular weight is 325 g/mol. The van der Waals surface area contributed by atoms with Crippen molar-refractivity contribution in [2.75, 3.05) is 26.7 Å². The van der Waals surface area contributed by atoms with Gasteiger partial charge in [0, 0.05) is 25.2 Å². The Bertz CT molecular complexity index is 458. The van der Waals surface area contributed by atoms with Gasteiger partial charge < -0.3 is 15.0 Å². The number of carbonyl (C=O) groups is 3.